The lowest BCUT2D eigenvalue weighted by atomic mass is 10.1. The third-order valence-corrected chi connectivity index (χ3v) is 2.65. The zero-order chi connectivity index (χ0) is 15.2. The molecular formula is C13H18F3N3O. The molecule has 1 aromatic rings. The lowest BCUT2D eigenvalue weighted by molar-refractivity contribution is -0.137. The average molecular weight is 289 g/mol. The third kappa shape index (κ3) is 4.73. The first-order valence-electron chi connectivity index (χ1n) is 6.33. The fourth-order valence-corrected chi connectivity index (χ4v) is 1.58. The van der Waals surface area contributed by atoms with Crippen LogP contribution in [0.4, 0.5) is 24.5 Å². The fraction of sp³-hybridized carbons (Fsp3) is 0.462. The summed E-state index contributed by atoms with van der Waals surface area (Å²) in [6.45, 7) is 2.34. The second-order valence-corrected chi connectivity index (χ2v) is 4.29. The molecule has 0 aliphatic heterocycles. The molecule has 0 bridgehead atoms. The molecule has 4 nitrogen and oxygen atoms in total. The van der Waals surface area contributed by atoms with E-state index < -0.39 is 17.6 Å². The minimum absolute atomic E-state index is 0.0892. The molecule has 0 saturated carbocycles. The summed E-state index contributed by atoms with van der Waals surface area (Å²) in [4.78, 5) is 11.3. The number of nitrogens with two attached hydrogens (primary N) is 1. The van der Waals surface area contributed by atoms with Gasteiger partial charge in [0.1, 0.15) is 0 Å². The lowest BCUT2D eigenvalue weighted by Crippen LogP contribution is -2.23. The monoisotopic (exact) mass is 289 g/mol. The number of benzene rings is 1. The minimum atomic E-state index is -4.45. The second-order valence-electron chi connectivity index (χ2n) is 4.29. The van der Waals surface area contributed by atoms with Gasteiger partial charge < -0.3 is 16.4 Å². The minimum Gasteiger partial charge on any atom is -0.383 e. The molecule has 0 saturated heterocycles. The third-order valence-electron chi connectivity index (χ3n) is 2.65. The molecule has 1 aromatic carbocycles. The summed E-state index contributed by atoms with van der Waals surface area (Å²) < 4.78 is 38.0. The summed E-state index contributed by atoms with van der Waals surface area (Å²) >= 11 is 0. The number of nitrogens with one attached hydrogen (secondary N) is 2. The zero-order valence-corrected chi connectivity index (χ0v) is 11.2. The molecule has 0 heterocycles. The standard InChI is InChI=1S/C13H18F3N3O/c1-2-3-6-18-10-5-4-9(13(14,15)16)7-11(10)19-12(20)8-17/h4-5,7,18H,2-3,6,8,17H2,1H3,(H,19,20). The van der Waals surface area contributed by atoms with Crippen molar-refractivity contribution in [3.05, 3.63) is 23.8 Å². The predicted octanol–water partition coefficient (Wildman–Crippen LogP) is 2.81. The van der Waals surface area contributed by atoms with Crippen molar-refractivity contribution in [2.45, 2.75) is 25.9 Å². The van der Waals surface area contributed by atoms with Crippen molar-refractivity contribution < 1.29 is 18.0 Å². The number of amides is 1. The molecule has 0 aliphatic carbocycles. The van der Waals surface area contributed by atoms with Crippen LogP contribution in [0, 0.1) is 0 Å². The summed E-state index contributed by atoms with van der Waals surface area (Å²) in [5, 5.41) is 5.37. The van der Waals surface area contributed by atoms with Crippen molar-refractivity contribution in [1.82, 2.24) is 0 Å². The van der Waals surface area contributed by atoms with Gasteiger partial charge in [0.15, 0.2) is 0 Å². The molecule has 0 radical (unpaired) electrons. The van der Waals surface area contributed by atoms with Gasteiger partial charge >= 0.3 is 6.18 Å². The molecule has 1 amide bonds. The van der Waals surface area contributed by atoms with E-state index in [1.54, 1.807) is 0 Å². The lowest BCUT2D eigenvalue weighted by Gasteiger charge is -2.15. The first-order valence-corrected chi connectivity index (χ1v) is 6.33. The molecule has 4 N–H and O–H groups in total. The first-order chi connectivity index (χ1) is 9.38. The molecule has 1 rings (SSSR count). The van der Waals surface area contributed by atoms with Crippen LogP contribution in [-0.2, 0) is 11.0 Å². The van der Waals surface area contributed by atoms with Crippen molar-refractivity contribution >= 4 is 17.3 Å². The Labute approximate surface area is 115 Å². The van der Waals surface area contributed by atoms with Crippen LogP contribution >= 0.6 is 0 Å². The van der Waals surface area contributed by atoms with Crippen molar-refractivity contribution in [3.8, 4) is 0 Å². The predicted molar refractivity (Wildman–Crippen MR) is 72.5 cm³/mol. The van der Waals surface area contributed by atoms with Gasteiger partial charge in [-0.15, -0.1) is 0 Å². The SMILES string of the molecule is CCCCNc1ccc(C(F)(F)F)cc1NC(=O)CN. The number of halogens is 3. The van der Waals surface area contributed by atoms with Crippen molar-refractivity contribution in [2.75, 3.05) is 23.7 Å². The Hall–Kier alpha value is -1.76. The normalized spacial score (nSPS) is 11.2. The molecule has 0 atom stereocenters. The Morgan fingerprint density at radius 2 is 2.00 bits per heavy atom. The van der Waals surface area contributed by atoms with Crippen molar-refractivity contribution in [2.24, 2.45) is 5.73 Å². The summed E-state index contributed by atoms with van der Waals surface area (Å²) in [6, 6.07) is 3.19. The van der Waals surface area contributed by atoms with E-state index in [9.17, 15) is 18.0 Å². The van der Waals surface area contributed by atoms with Gasteiger partial charge in [0.2, 0.25) is 5.91 Å². The number of carbonyl (C=O) groups is 1. The van der Waals surface area contributed by atoms with Gasteiger partial charge in [0, 0.05) is 6.54 Å². The molecule has 0 fully saturated rings. The number of anilines is 2. The van der Waals surface area contributed by atoms with Crippen LogP contribution in [0.3, 0.4) is 0 Å². The van der Waals surface area contributed by atoms with Crippen LogP contribution in [0.5, 0.6) is 0 Å². The molecule has 7 heteroatoms. The first kappa shape index (κ1) is 16.3. The fourth-order valence-electron chi connectivity index (χ4n) is 1.58. The summed E-state index contributed by atoms with van der Waals surface area (Å²) in [5.74, 6) is -0.539. The van der Waals surface area contributed by atoms with E-state index >= 15 is 0 Å². The molecule has 20 heavy (non-hydrogen) atoms. The Morgan fingerprint density at radius 3 is 2.55 bits per heavy atom. The summed E-state index contributed by atoms with van der Waals surface area (Å²) in [7, 11) is 0. The van der Waals surface area contributed by atoms with E-state index in [1.165, 1.54) is 6.07 Å². The molecule has 0 aliphatic rings. The summed E-state index contributed by atoms with van der Waals surface area (Å²) in [6.07, 6.45) is -2.62. The highest BCUT2D eigenvalue weighted by atomic mass is 19.4. The number of unbranched alkanes of at least 4 members (excludes halogenated alkanes) is 1. The highest BCUT2D eigenvalue weighted by Gasteiger charge is 2.31. The maximum Gasteiger partial charge on any atom is 0.416 e. The Kier molecular flexibility index (Phi) is 5.82. The van der Waals surface area contributed by atoms with Crippen LogP contribution in [0.15, 0.2) is 18.2 Å². The smallest absolute Gasteiger partial charge is 0.383 e. The molecule has 0 aromatic heterocycles. The van der Waals surface area contributed by atoms with Gasteiger partial charge in [-0.3, -0.25) is 4.79 Å². The van der Waals surface area contributed by atoms with Gasteiger partial charge in [-0.1, -0.05) is 13.3 Å². The van der Waals surface area contributed by atoms with Crippen LogP contribution in [0.1, 0.15) is 25.3 Å². The zero-order valence-electron chi connectivity index (χ0n) is 11.2. The van der Waals surface area contributed by atoms with Gasteiger partial charge in [-0.05, 0) is 24.6 Å². The average Bonchev–Trinajstić information content (AvgIpc) is 2.39. The van der Waals surface area contributed by atoms with Gasteiger partial charge in [0.05, 0.1) is 23.5 Å². The number of rotatable bonds is 6. The van der Waals surface area contributed by atoms with Gasteiger partial charge in [-0.2, -0.15) is 13.2 Å². The number of carbonyl (C=O) groups excluding carboxylic acids is 1. The van der Waals surface area contributed by atoms with E-state index in [0.29, 0.717) is 12.2 Å². The largest absolute Gasteiger partial charge is 0.416 e. The van der Waals surface area contributed by atoms with E-state index in [1.807, 2.05) is 6.92 Å². The molecule has 0 spiro atoms. The van der Waals surface area contributed by atoms with Crippen LogP contribution < -0.4 is 16.4 Å². The Morgan fingerprint density at radius 1 is 1.30 bits per heavy atom. The Balaban J connectivity index is 3.00. The maximum absolute atomic E-state index is 12.7. The van der Waals surface area contributed by atoms with E-state index in [-0.39, 0.29) is 12.2 Å². The Bertz CT molecular complexity index is 461. The maximum atomic E-state index is 12.7. The number of hydrogen-bond donors (Lipinski definition) is 3. The van der Waals surface area contributed by atoms with E-state index in [2.05, 4.69) is 10.6 Å². The van der Waals surface area contributed by atoms with Crippen LogP contribution in [0.2, 0.25) is 0 Å². The van der Waals surface area contributed by atoms with Crippen LogP contribution in [-0.4, -0.2) is 19.0 Å². The highest BCUT2D eigenvalue weighted by molar-refractivity contribution is 5.95. The highest BCUT2D eigenvalue weighted by Crippen LogP contribution is 2.34. The summed E-state index contributed by atoms with van der Waals surface area (Å²) in [5.41, 5.74) is 4.89. The van der Waals surface area contributed by atoms with Gasteiger partial charge in [0.25, 0.3) is 0 Å². The van der Waals surface area contributed by atoms with Gasteiger partial charge in [-0.25, -0.2) is 0 Å². The molecule has 0 unspecified atom stereocenters. The quantitative estimate of drug-likeness (QED) is 0.705. The molecular weight excluding hydrogens is 271 g/mol. The second kappa shape index (κ2) is 7.14. The van der Waals surface area contributed by atoms with E-state index in [0.717, 1.165) is 25.0 Å². The topological polar surface area (TPSA) is 67.1 Å². The van der Waals surface area contributed by atoms with Crippen molar-refractivity contribution in [1.29, 1.82) is 0 Å². The van der Waals surface area contributed by atoms with Crippen LogP contribution in [0.25, 0.3) is 0 Å². The van der Waals surface area contributed by atoms with E-state index in [4.69, 9.17) is 5.73 Å². The van der Waals surface area contributed by atoms with Crippen molar-refractivity contribution in [3.63, 3.8) is 0 Å². The molecule has 112 valence electrons. The number of hydrogen-bond acceptors (Lipinski definition) is 3. The number of alkyl halides is 3.